The summed E-state index contributed by atoms with van der Waals surface area (Å²) in [6.45, 7) is 4.19. The Morgan fingerprint density at radius 2 is 2.05 bits per heavy atom. The minimum Gasteiger partial charge on any atom is -0.383 e. The van der Waals surface area contributed by atoms with Gasteiger partial charge in [-0.05, 0) is 53.6 Å². The highest BCUT2D eigenvalue weighted by atomic mass is 127. The van der Waals surface area contributed by atoms with Gasteiger partial charge in [0.05, 0.1) is 9.26 Å². The van der Waals surface area contributed by atoms with Crippen LogP contribution in [-0.4, -0.2) is 9.97 Å². The third-order valence-corrected chi connectivity index (χ3v) is 4.91. The summed E-state index contributed by atoms with van der Waals surface area (Å²) in [5.41, 5.74) is 9.19. The topological polar surface area (TPSA) is 51.8 Å². The van der Waals surface area contributed by atoms with Crippen LogP contribution in [0.15, 0.2) is 22.7 Å². The molecule has 0 aliphatic heterocycles. The Balaban J connectivity index is 2.52. The van der Waals surface area contributed by atoms with Crippen molar-refractivity contribution in [2.45, 2.75) is 26.7 Å². The van der Waals surface area contributed by atoms with E-state index < -0.39 is 0 Å². The van der Waals surface area contributed by atoms with E-state index in [0.29, 0.717) is 11.6 Å². The monoisotopic (exact) mass is 431 g/mol. The fourth-order valence-corrected chi connectivity index (χ4v) is 2.59. The maximum absolute atomic E-state index is 5.99. The predicted molar refractivity (Wildman–Crippen MR) is 91.0 cm³/mol. The minimum absolute atomic E-state index is 0.564. The maximum Gasteiger partial charge on any atom is 0.161 e. The molecule has 0 amide bonds. The Hall–Kier alpha value is -0.690. The molecule has 1 heterocycles. The standard InChI is InChI=1S/C14H15BrIN3/c1-3-4-11-12(16)13(17)19-14(18-11)9-5-6-10(15)8(2)7-9/h5-7H,3-4H2,1-2H3,(H2,17,18,19). The van der Waals surface area contributed by atoms with Crippen LogP contribution in [-0.2, 0) is 6.42 Å². The number of anilines is 1. The number of benzene rings is 1. The number of nitrogens with two attached hydrogens (primary N) is 1. The van der Waals surface area contributed by atoms with Crippen molar-refractivity contribution in [2.24, 2.45) is 0 Å². The van der Waals surface area contributed by atoms with E-state index in [4.69, 9.17) is 5.73 Å². The molecule has 100 valence electrons. The minimum atomic E-state index is 0.564. The second kappa shape index (κ2) is 6.17. The highest BCUT2D eigenvalue weighted by Crippen LogP contribution is 2.26. The predicted octanol–water partition coefficient (Wildman–Crippen LogP) is 4.35. The van der Waals surface area contributed by atoms with Gasteiger partial charge in [-0.15, -0.1) is 0 Å². The number of hydrogen-bond donors (Lipinski definition) is 1. The van der Waals surface area contributed by atoms with Crippen molar-refractivity contribution < 1.29 is 0 Å². The van der Waals surface area contributed by atoms with Crippen LogP contribution >= 0.6 is 38.5 Å². The molecule has 2 rings (SSSR count). The number of halogens is 2. The fourth-order valence-electron chi connectivity index (χ4n) is 1.83. The fraction of sp³-hybridized carbons (Fsp3) is 0.286. The first-order valence-electron chi connectivity index (χ1n) is 6.11. The lowest BCUT2D eigenvalue weighted by Crippen LogP contribution is -2.05. The number of aromatic nitrogens is 2. The van der Waals surface area contributed by atoms with Gasteiger partial charge in [0, 0.05) is 10.0 Å². The van der Waals surface area contributed by atoms with Crippen LogP contribution in [0.2, 0.25) is 0 Å². The number of aryl methyl sites for hydroxylation is 2. The van der Waals surface area contributed by atoms with Crippen molar-refractivity contribution in [2.75, 3.05) is 5.73 Å². The van der Waals surface area contributed by atoms with Crippen molar-refractivity contribution in [3.8, 4) is 11.4 Å². The van der Waals surface area contributed by atoms with Gasteiger partial charge in [-0.3, -0.25) is 0 Å². The zero-order chi connectivity index (χ0) is 14.0. The lowest BCUT2D eigenvalue weighted by Gasteiger charge is -2.09. The molecular weight excluding hydrogens is 417 g/mol. The molecule has 0 saturated carbocycles. The van der Waals surface area contributed by atoms with Crippen LogP contribution in [0.1, 0.15) is 24.6 Å². The van der Waals surface area contributed by atoms with E-state index in [2.05, 4.69) is 68.4 Å². The number of hydrogen-bond acceptors (Lipinski definition) is 3. The molecule has 0 saturated heterocycles. The normalized spacial score (nSPS) is 10.7. The number of rotatable bonds is 3. The van der Waals surface area contributed by atoms with Gasteiger partial charge in [0.15, 0.2) is 5.82 Å². The molecule has 19 heavy (non-hydrogen) atoms. The van der Waals surface area contributed by atoms with Gasteiger partial charge in [-0.25, -0.2) is 9.97 Å². The largest absolute Gasteiger partial charge is 0.383 e. The molecule has 0 unspecified atom stereocenters. The Morgan fingerprint density at radius 3 is 2.68 bits per heavy atom. The average molecular weight is 432 g/mol. The van der Waals surface area contributed by atoms with E-state index in [1.165, 1.54) is 0 Å². The van der Waals surface area contributed by atoms with Crippen molar-refractivity contribution in [1.29, 1.82) is 0 Å². The van der Waals surface area contributed by atoms with E-state index in [-0.39, 0.29) is 0 Å². The second-order valence-corrected chi connectivity index (χ2v) is 6.34. The summed E-state index contributed by atoms with van der Waals surface area (Å²) in [6, 6.07) is 6.09. The summed E-state index contributed by atoms with van der Waals surface area (Å²) >= 11 is 5.72. The highest BCUT2D eigenvalue weighted by Gasteiger charge is 2.11. The van der Waals surface area contributed by atoms with Crippen molar-refractivity contribution in [3.63, 3.8) is 0 Å². The Morgan fingerprint density at radius 1 is 1.32 bits per heavy atom. The van der Waals surface area contributed by atoms with Crippen LogP contribution in [0.4, 0.5) is 5.82 Å². The lowest BCUT2D eigenvalue weighted by molar-refractivity contribution is 0.869. The van der Waals surface area contributed by atoms with Crippen molar-refractivity contribution >= 4 is 44.3 Å². The van der Waals surface area contributed by atoms with Gasteiger partial charge >= 0.3 is 0 Å². The number of nitrogen functional groups attached to an aromatic ring is 1. The summed E-state index contributed by atoms with van der Waals surface area (Å²) in [6.07, 6.45) is 1.97. The first-order chi connectivity index (χ1) is 9.02. The van der Waals surface area contributed by atoms with E-state index in [0.717, 1.165) is 37.7 Å². The van der Waals surface area contributed by atoms with E-state index in [1.54, 1.807) is 0 Å². The second-order valence-electron chi connectivity index (χ2n) is 4.41. The molecule has 0 radical (unpaired) electrons. The summed E-state index contributed by atoms with van der Waals surface area (Å²) in [5, 5.41) is 0. The van der Waals surface area contributed by atoms with Gasteiger partial charge in [-0.2, -0.15) is 0 Å². The molecule has 1 aromatic heterocycles. The van der Waals surface area contributed by atoms with E-state index >= 15 is 0 Å². The molecule has 5 heteroatoms. The molecule has 0 aliphatic rings. The van der Waals surface area contributed by atoms with Crippen LogP contribution in [0, 0.1) is 10.5 Å². The maximum atomic E-state index is 5.99. The van der Waals surface area contributed by atoms with Gasteiger partial charge in [0.1, 0.15) is 5.82 Å². The van der Waals surface area contributed by atoms with Crippen LogP contribution in [0.25, 0.3) is 11.4 Å². The molecule has 1 aromatic carbocycles. The summed E-state index contributed by atoms with van der Waals surface area (Å²) < 4.78 is 2.06. The Labute approximate surface area is 135 Å². The number of nitrogens with zero attached hydrogens (tertiary/aromatic N) is 2. The van der Waals surface area contributed by atoms with Crippen molar-refractivity contribution in [1.82, 2.24) is 9.97 Å². The first-order valence-corrected chi connectivity index (χ1v) is 7.98. The zero-order valence-electron chi connectivity index (χ0n) is 10.9. The molecule has 2 N–H and O–H groups in total. The highest BCUT2D eigenvalue weighted by molar-refractivity contribution is 14.1. The molecule has 3 nitrogen and oxygen atoms in total. The summed E-state index contributed by atoms with van der Waals surface area (Å²) in [4.78, 5) is 9.05. The lowest BCUT2D eigenvalue weighted by atomic mass is 10.1. The van der Waals surface area contributed by atoms with Crippen LogP contribution in [0.5, 0.6) is 0 Å². The third kappa shape index (κ3) is 3.25. The van der Waals surface area contributed by atoms with Gasteiger partial charge in [0.2, 0.25) is 0 Å². The van der Waals surface area contributed by atoms with E-state index in [1.807, 2.05) is 12.1 Å². The zero-order valence-corrected chi connectivity index (χ0v) is 14.6. The molecule has 0 aliphatic carbocycles. The molecular formula is C14H15BrIN3. The quantitative estimate of drug-likeness (QED) is 0.734. The molecule has 2 aromatic rings. The average Bonchev–Trinajstić information content (AvgIpc) is 2.38. The Kier molecular flexibility index (Phi) is 4.78. The first kappa shape index (κ1) is 14.7. The van der Waals surface area contributed by atoms with Crippen LogP contribution in [0.3, 0.4) is 0 Å². The van der Waals surface area contributed by atoms with Crippen LogP contribution < -0.4 is 5.73 Å². The molecule has 0 spiro atoms. The van der Waals surface area contributed by atoms with Gasteiger partial charge in [-0.1, -0.05) is 35.3 Å². The smallest absolute Gasteiger partial charge is 0.161 e. The van der Waals surface area contributed by atoms with E-state index in [9.17, 15) is 0 Å². The molecule has 0 atom stereocenters. The molecule has 0 bridgehead atoms. The SMILES string of the molecule is CCCc1nc(-c2ccc(Br)c(C)c2)nc(N)c1I. The van der Waals surface area contributed by atoms with Crippen molar-refractivity contribution in [3.05, 3.63) is 37.5 Å². The Bertz CT molecular complexity index is 614. The summed E-state index contributed by atoms with van der Waals surface area (Å²) in [5.74, 6) is 1.27. The van der Waals surface area contributed by atoms with Gasteiger partial charge < -0.3 is 5.73 Å². The third-order valence-electron chi connectivity index (χ3n) is 2.85. The van der Waals surface area contributed by atoms with Gasteiger partial charge in [0.25, 0.3) is 0 Å². The summed E-state index contributed by atoms with van der Waals surface area (Å²) in [7, 11) is 0. The molecule has 0 fully saturated rings.